The summed E-state index contributed by atoms with van der Waals surface area (Å²) in [7, 11) is 0. The summed E-state index contributed by atoms with van der Waals surface area (Å²) in [6.45, 7) is 3.58. The van der Waals surface area contributed by atoms with E-state index in [1.54, 1.807) is 38.1 Å². The predicted molar refractivity (Wildman–Crippen MR) is 138 cm³/mol. The van der Waals surface area contributed by atoms with Crippen molar-refractivity contribution in [1.29, 1.82) is 0 Å². The maximum atomic E-state index is 15.0. The Kier molecular flexibility index (Phi) is 5.89. The number of pyridine rings is 1. The van der Waals surface area contributed by atoms with E-state index in [-0.39, 0.29) is 28.6 Å². The molecule has 2 aliphatic carbocycles. The summed E-state index contributed by atoms with van der Waals surface area (Å²) in [5.41, 5.74) is 2.82. The number of fused-ring (bicyclic) bond motifs is 1. The smallest absolute Gasteiger partial charge is 0.255 e. The zero-order valence-corrected chi connectivity index (χ0v) is 21.0. The molecule has 38 heavy (non-hydrogen) atoms. The van der Waals surface area contributed by atoms with Crippen LogP contribution in [0.5, 0.6) is 5.75 Å². The van der Waals surface area contributed by atoms with E-state index in [9.17, 15) is 14.7 Å². The number of phenols is 1. The van der Waals surface area contributed by atoms with Crippen LogP contribution >= 0.6 is 0 Å². The summed E-state index contributed by atoms with van der Waals surface area (Å²) in [5, 5.41) is 23.2. The van der Waals surface area contributed by atoms with Crippen LogP contribution in [0.1, 0.15) is 47.4 Å². The highest BCUT2D eigenvalue weighted by molar-refractivity contribution is 6.09. The van der Waals surface area contributed by atoms with Crippen molar-refractivity contribution in [2.45, 2.75) is 45.6 Å². The second kappa shape index (κ2) is 9.27. The molecule has 0 spiro atoms. The first-order valence-electron chi connectivity index (χ1n) is 12.8. The summed E-state index contributed by atoms with van der Waals surface area (Å²) >= 11 is 0. The van der Waals surface area contributed by atoms with Gasteiger partial charge in [-0.15, -0.1) is 0 Å². The molecular weight excluding hydrogens is 489 g/mol. The van der Waals surface area contributed by atoms with Crippen LogP contribution < -0.4 is 10.6 Å². The molecular formula is C28H28FN5O4. The average molecular weight is 518 g/mol. The number of H-pyrrole nitrogens is 1. The number of aromatic amines is 1. The van der Waals surface area contributed by atoms with Gasteiger partial charge in [0.25, 0.3) is 5.91 Å². The zero-order chi connectivity index (χ0) is 26.6. The molecule has 2 amide bonds. The molecule has 196 valence electrons. The molecule has 1 atom stereocenters. The van der Waals surface area contributed by atoms with Crippen molar-refractivity contribution in [3.63, 3.8) is 0 Å². The first-order chi connectivity index (χ1) is 18.3. The van der Waals surface area contributed by atoms with Gasteiger partial charge < -0.3 is 20.2 Å². The number of aryl methyl sites for hydroxylation is 2. The number of nitrogens with one attached hydrogen (secondary N) is 3. The molecule has 4 aromatic rings. The second-order valence-electron chi connectivity index (χ2n) is 10.3. The molecule has 10 heteroatoms. The quantitative estimate of drug-likeness (QED) is 0.247. The fraction of sp³-hybridized carbons (Fsp3) is 0.357. The van der Waals surface area contributed by atoms with Crippen molar-refractivity contribution in [1.82, 2.24) is 20.5 Å². The highest BCUT2D eigenvalue weighted by Crippen LogP contribution is 2.51. The van der Waals surface area contributed by atoms with Crippen LogP contribution in [0.25, 0.3) is 22.1 Å². The molecule has 6 rings (SSSR count). The van der Waals surface area contributed by atoms with Crippen molar-refractivity contribution < 1.29 is 23.5 Å². The number of aromatic nitrogens is 3. The van der Waals surface area contributed by atoms with E-state index >= 15 is 4.39 Å². The minimum Gasteiger partial charge on any atom is -0.507 e. The predicted octanol–water partition coefficient (Wildman–Crippen LogP) is 4.85. The topological polar surface area (TPSA) is 133 Å². The number of aromatic hydroxyl groups is 1. The van der Waals surface area contributed by atoms with E-state index in [0.29, 0.717) is 34.1 Å². The third-order valence-electron chi connectivity index (χ3n) is 7.61. The van der Waals surface area contributed by atoms with Gasteiger partial charge in [-0.05, 0) is 81.5 Å². The molecule has 9 nitrogen and oxygen atoms in total. The molecule has 2 aliphatic rings. The number of rotatable bonds is 8. The monoisotopic (exact) mass is 517 g/mol. The Hall–Kier alpha value is -4.21. The van der Waals surface area contributed by atoms with Gasteiger partial charge in [0.15, 0.2) is 0 Å². The highest BCUT2D eigenvalue weighted by atomic mass is 19.1. The Morgan fingerprint density at radius 1 is 1.13 bits per heavy atom. The number of hydrogen-bond donors (Lipinski definition) is 4. The molecule has 0 radical (unpaired) electrons. The molecule has 1 aromatic carbocycles. The Morgan fingerprint density at radius 2 is 1.87 bits per heavy atom. The summed E-state index contributed by atoms with van der Waals surface area (Å²) in [6, 6.07) is 7.03. The van der Waals surface area contributed by atoms with Crippen LogP contribution in [0, 0.1) is 37.5 Å². The van der Waals surface area contributed by atoms with Crippen LogP contribution in [0.4, 0.5) is 10.2 Å². The zero-order valence-electron chi connectivity index (χ0n) is 21.0. The van der Waals surface area contributed by atoms with E-state index in [0.717, 1.165) is 31.4 Å². The van der Waals surface area contributed by atoms with Gasteiger partial charge >= 0.3 is 0 Å². The van der Waals surface area contributed by atoms with Crippen LogP contribution in [0.3, 0.4) is 0 Å². The molecule has 0 bridgehead atoms. The Bertz CT molecular complexity index is 1520. The van der Waals surface area contributed by atoms with Gasteiger partial charge in [-0.2, -0.15) is 9.49 Å². The Balaban J connectivity index is 1.28. The normalized spacial score (nSPS) is 16.1. The average Bonchev–Trinajstić information content (AvgIpc) is 3.82. The number of carbonyl (C=O) groups excluding carboxylic acids is 2. The van der Waals surface area contributed by atoms with Gasteiger partial charge in [0.1, 0.15) is 29.5 Å². The maximum absolute atomic E-state index is 15.0. The lowest BCUT2D eigenvalue weighted by molar-refractivity contribution is -0.119. The largest absolute Gasteiger partial charge is 0.507 e. The fourth-order valence-corrected chi connectivity index (χ4v) is 5.53. The maximum Gasteiger partial charge on any atom is 0.255 e. The first kappa shape index (κ1) is 24.1. The first-order valence-corrected chi connectivity index (χ1v) is 12.8. The van der Waals surface area contributed by atoms with Gasteiger partial charge in [0.05, 0.1) is 16.6 Å². The summed E-state index contributed by atoms with van der Waals surface area (Å²) in [4.78, 5) is 31.0. The van der Waals surface area contributed by atoms with Crippen molar-refractivity contribution in [2.75, 3.05) is 5.32 Å². The number of phenolic OH excluding ortho intramolecular Hbond substituents is 1. The summed E-state index contributed by atoms with van der Waals surface area (Å²) < 4.78 is 20.5. The van der Waals surface area contributed by atoms with Crippen molar-refractivity contribution in [3.8, 4) is 16.9 Å². The number of anilines is 1. The molecule has 4 N–H and O–H groups in total. The number of benzene rings is 1. The number of nitrogens with zero attached hydrogens (tertiary/aromatic N) is 2. The second-order valence-corrected chi connectivity index (χ2v) is 10.3. The van der Waals surface area contributed by atoms with Gasteiger partial charge in [-0.1, -0.05) is 6.07 Å². The summed E-state index contributed by atoms with van der Waals surface area (Å²) in [5.74, 6) is -1.06. The SMILES string of the molecule is Cc1n[nH]c(C)c1-c1ccc(NC(=O)[C@@H](NC(=O)c2coc3cccc(O)c23)C(C2CC2)C2CC2)nc1F. The standard InChI is InChI=1S/C28H28FN5O4/c1-13-22(14(2)34-33-13)17-10-11-21(30-26(17)29)31-28(37)25(23(15-6-7-15)16-8-9-16)32-27(36)18-12-38-20-5-3-4-19(35)24(18)20/h3-5,10-12,15-16,23,25,35H,6-9H2,1-2H3,(H,32,36)(H,33,34)(H,30,31,37)/t25-/m0/s1. The van der Waals surface area contributed by atoms with Crippen LogP contribution in [-0.2, 0) is 4.79 Å². The van der Waals surface area contributed by atoms with Gasteiger partial charge in [-0.3, -0.25) is 14.7 Å². The van der Waals surface area contributed by atoms with E-state index < -0.39 is 23.8 Å². The third kappa shape index (κ3) is 4.40. The van der Waals surface area contributed by atoms with Gasteiger partial charge in [0.2, 0.25) is 11.9 Å². The van der Waals surface area contributed by atoms with E-state index in [1.807, 2.05) is 0 Å². The van der Waals surface area contributed by atoms with Crippen molar-refractivity contribution in [2.24, 2.45) is 17.8 Å². The number of carbonyl (C=O) groups is 2. The summed E-state index contributed by atoms with van der Waals surface area (Å²) in [6.07, 6.45) is 5.29. The lowest BCUT2D eigenvalue weighted by Crippen LogP contribution is -2.50. The molecule has 0 saturated heterocycles. The Labute approximate surface area is 217 Å². The number of amides is 2. The Morgan fingerprint density at radius 3 is 2.50 bits per heavy atom. The van der Waals surface area contributed by atoms with Gasteiger partial charge in [-0.25, -0.2) is 4.98 Å². The van der Waals surface area contributed by atoms with Gasteiger partial charge in [0, 0.05) is 16.8 Å². The lowest BCUT2D eigenvalue weighted by atomic mass is 9.88. The van der Waals surface area contributed by atoms with Crippen LogP contribution in [0.15, 0.2) is 41.0 Å². The lowest BCUT2D eigenvalue weighted by Gasteiger charge is -2.27. The number of halogens is 1. The third-order valence-corrected chi connectivity index (χ3v) is 7.61. The number of furan rings is 1. The molecule has 0 unspecified atom stereocenters. The van der Waals surface area contributed by atoms with E-state index in [2.05, 4.69) is 25.8 Å². The molecule has 2 saturated carbocycles. The minimum atomic E-state index is -0.846. The molecule has 2 fully saturated rings. The van der Waals surface area contributed by atoms with Crippen molar-refractivity contribution >= 4 is 28.6 Å². The molecule has 3 heterocycles. The highest BCUT2D eigenvalue weighted by Gasteiger charge is 2.48. The van der Waals surface area contributed by atoms with Crippen molar-refractivity contribution in [3.05, 3.63) is 59.5 Å². The molecule has 0 aliphatic heterocycles. The molecule has 3 aromatic heterocycles. The minimum absolute atomic E-state index is 0.0361. The van der Waals surface area contributed by atoms with E-state index in [4.69, 9.17) is 4.42 Å². The van der Waals surface area contributed by atoms with Crippen LogP contribution in [0.2, 0.25) is 0 Å². The fourth-order valence-electron chi connectivity index (χ4n) is 5.53. The number of hydrogen-bond acceptors (Lipinski definition) is 6. The van der Waals surface area contributed by atoms with Crippen LogP contribution in [-0.4, -0.2) is 38.1 Å². The van der Waals surface area contributed by atoms with E-state index in [1.165, 1.54) is 12.3 Å².